The van der Waals surface area contributed by atoms with Gasteiger partial charge in [-0.05, 0) is 31.0 Å². The summed E-state index contributed by atoms with van der Waals surface area (Å²) in [5.74, 6) is 0.0230. The second-order valence-corrected chi connectivity index (χ2v) is 6.21. The van der Waals surface area contributed by atoms with Gasteiger partial charge in [-0.3, -0.25) is 4.79 Å². The molecule has 0 unspecified atom stereocenters. The summed E-state index contributed by atoms with van der Waals surface area (Å²) in [7, 11) is 0. The number of pyridine rings is 1. The number of amides is 1. The lowest BCUT2D eigenvalue weighted by Gasteiger charge is -2.26. The van der Waals surface area contributed by atoms with Crippen LogP contribution in [0, 0.1) is 0 Å². The van der Waals surface area contributed by atoms with Crippen molar-refractivity contribution in [2.45, 2.75) is 25.5 Å². The van der Waals surface area contributed by atoms with Crippen LogP contribution in [0.1, 0.15) is 28.8 Å². The van der Waals surface area contributed by atoms with Gasteiger partial charge in [0.25, 0.3) is 5.91 Å². The van der Waals surface area contributed by atoms with Crippen molar-refractivity contribution < 1.29 is 14.6 Å². The zero-order chi connectivity index (χ0) is 16.9. The summed E-state index contributed by atoms with van der Waals surface area (Å²) in [6.45, 7) is 1.52. The van der Waals surface area contributed by atoms with E-state index < -0.39 is 0 Å². The summed E-state index contributed by atoms with van der Waals surface area (Å²) >= 11 is 5.79. The van der Waals surface area contributed by atoms with Gasteiger partial charge in [-0.25, -0.2) is 4.98 Å². The van der Waals surface area contributed by atoms with Crippen molar-refractivity contribution in [1.82, 2.24) is 9.88 Å². The molecule has 126 valence electrons. The third-order valence-corrected chi connectivity index (χ3v) is 4.29. The van der Waals surface area contributed by atoms with Gasteiger partial charge in [-0.2, -0.15) is 0 Å². The van der Waals surface area contributed by atoms with Crippen LogP contribution in [0.15, 0.2) is 42.6 Å². The molecule has 0 bridgehead atoms. The highest BCUT2D eigenvalue weighted by Crippen LogP contribution is 2.21. The maximum Gasteiger partial charge on any atom is 0.255 e. The Morgan fingerprint density at radius 2 is 2.17 bits per heavy atom. The number of para-hydroxylation sites is 1. The molecule has 1 aromatic heterocycles. The smallest absolute Gasteiger partial charge is 0.255 e. The van der Waals surface area contributed by atoms with Gasteiger partial charge in [0, 0.05) is 31.5 Å². The molecule has 0 radical (unpaired) electrons. The van der Waals surface area contributed by atoms with Crippen LogP contribution in [0.5, 0.6) is 5.75 Å². The van der Waals surface area contributed by atoms with E-state index in [0.717, 1.165) is 19.4 Å². The Labute approximate surface area is 145 Å². The number of halogens is 1. The predicted octanol–water partition coefficient (Wildman–Crippen LogP) is 3.26. The van der Waals surface area contributed by atoms with Crippen LogP contribution < -0.4 is 0 Å². The minimum atomic E-state index is -0.155. The van der Waals surface area contributed by atoms with Crippen LogP contribution in [0.2, 0.25) is 5.15 Å². The van der Waals surface area contributed by atoms with Crippen LogP contribution >= 0.6 is 11.6 Å². The van der Waals surface area contributed by atoms with E-state index in [9.17, 15) is 9.90 Å². The first-order valence-electron chi connectivity index (χ1n) is 7.93. The van der Waals surface area contributed by atoms with Gasteiger partial charge in [0.15, 0.2) is 0 Å². The Hall–Kier alpha value is -2.11. The molecule has 1 amide bonds. The fourth-order valence-corrected chi connectivity index (χ4v) is 2.90. The maximum atomic E-state index is 12.9. The van der Waals surface area contributed by atoms with Crippen LogP contribution in [-0.2, 0) is 11.3 Å². The molecule has 0 saturated carbocycles. The summed E-state index contributed by atoms with van der Waals surface area (Å²) < 4.78 is 5.66. The van der Waals surface area contributed by atoms with Gasteiger partial charge in [-0.1, -0.05) is 29.8 Å². The molecule has 2 heterocycles. The number of phenols is 1. The zero-order valence-electron chi connectivity index (χ0n) is 13.2. The van der Waals surface area contributed by atoms with E-state index in [0.29, 0.717) is 29.4 Å². The van der Waals surface area contributed by atoms with Gasteiger partial charge in [0.05, 0.1) is 11.7 Å². The van der Waals surface area contributed by atoms with E-state index in [-0.39, 0.29) is 17.8 Å². The first-order chi connectivity index (χ1) is 11.6. The molecule has 24 heavy (non-hydrogen) atoms. The lowest BCUT2D eigenvalue weighted by Crippen LogP contribution is -2.37. The van der Waals surface area contributed by atoms with Crippen molar-refractivity contribution in [3.63, 3.8) is 0 Å². The minimum Gasteiger partial charge on any atom is -0.508 e. The van der Waals surface area contributed by atoms with Gasteiger partial charge < -0.3 is 14.7 Å². The third-order valence-electron chi connectivity index (χ3n) is 4.06. The summed E-state index contributed by atoms with van der Waals surface area (Å²) in [5, 5.41) is 10.4. The standard InChI is InChI=1S/C18H19ClN2O3/c19-17-8-7-13(10-20-17)18(23)21(12-15-5-3-9-24-15)11-14-4-1-2-6-16(14)22/h1-2,4,6-8,10,15,22H,3,5,9,11-12H2/t15-/m0/s1. The largest absolute Gasteiger partial charge is 0.508 e. The van der Waals surface area contributed by atoms with E-state index in [4.69, 9.17) is 16.3 Å². The first-order valence-corrected chi connectivity index (χ1v) is 8.30. The number of nitrogens with zero attached hydrogens (tertiary/aromatic N) is 2. The fraction of sp³-hybridized carbons (Fsp3) is 0.333. The fourth-order valence-electron chi connectivity index (χ4n) is 2.79. The van der Waals surface area contributed by atoms with E-state index in [1.54, 1.807) is 29.2 Å². The highest BCUT2D eigenvalue weighted by molar-refractivity contribution is 6.29. The van der Waals surface area contributed by atoms with Crippen LogP contribution in [0.3, 0.4) is 0 Å². The Bertz CT molecular complexity index is 700. The minimum absolute atomic E-state index is 0.0278. The molecule has 3 rings (SSSR count). The summed E-state index contributed by atoms with van der Waals surface area (Å²) in [5.41, 5.74) is 1.17. The number of hydrogen-bond donors (Lipinski definition) is 1. The molecule has 1 N–H and O–H groups in total. The normalized spacial score (nSPS) is 17.0. The number of hydrogen-bond acceptors (Lipinski definition) is 4. The van der Waals surface area contributed by atoms with Crippen LogP contribution in [0.25, 0.3) is 0 Å². The summed E-state index contributed by atoms with van der Waals surface area (Å²) in [6, 6.07) is 10.3. The lowest BCUT2D eigenvalue weighted by atomic mass is 10.1. The first kappa shape index (κ1) is 16.7. The molecule has 1 fully saturated rings. The van der Waals surface area contributed by atoms with Crippen molar-refractivity contribution in [3.8, 4) is 5.75 Å². The molecule has 1 atom stereocenters. The molecule has 5 nitrogen and oxygen atoms in total. The Morgan fingerprint density at radius 3 is 2.83 bits per heavy atom. The molecule has 6 heteroatoms. The Kier molecular flexibility index (Phi) is 5.33. The van der Waals surface area contributed by atoms with Gasteiger partial charge >= 0.3 is 0 Å². The van der Waals surface area contributed by atoms with E-state index in [2.05, 4.69) is 4.98 Å². The zero-order valence-corrected chi connectivity index (χ0v) is 13.9. The number of aromatic nitrogens is 1. The van der Waals surface area contributed by atoms with Crippen LogP contribution in [0.4, 0.5) is 0 Å². The van der Waals surface area contributed by atoms with Gasteiger partial charge in [0.2, 0.25) is 0 Å². The van der Waals surface area contributed by atoms with E-state index in [1.165, 1.54) is 6.20 Å². The van der Waals surface area contributed by atoms with Crippen molar-refractivity contribution in [2.24, 2.45) is 0 Å². The van der Waals surface area contributed by atoms with Crippen LogP contribution in [-0.4, -0.2) is 40.2 Å². The van der Waals surface area contributed by atoms with Crippen molar-refractivity contribution in [3.05, 3.63) is 58.9 Å². The lowest BCUT2D eigenvalue weighted by molar-refractivity contribution is 0.0505. The average Bonchev–Trinajstić information content (AvgIpc) is 3.09. The monoisotopic (exact) mass is 346 g/mol. The van der Waals surface area contributed by atoms with Gasteiger partial charge in [0.1, 0.15) is 10.9 Å². The van der Waals surface area contributed by atoms with E-state index >= 15 is 0 Å². The number of phenolic OH excluding ortho intramolecular Hbond substituents is 1. The third kappa shape index (κ3) is 4.04. The molecule has 1 aliphatic rings. The second-order valence-electron chi connectivity index (χ2n) is 5.82. The SMILES string of the molecule is O=C(c1ccc(Cl)nc1)N(Cc1ccccc1O)C[C@@H]1CCCO1. The summed E-state index contributed by atoms with van der Waals surface area (Å²) in [6.07, 6.45) is 3.44. The highest BCUT2D eigenvalue weighted by atomic mass is 35.5. The topological polar surface area (TPSA) is 62.7 Å². The highest BCUT2D eigenvalue weighted by Gasteiger charge is 2.24. The second kappa shape index (κ2) is 7.64. The number of ether oxygens (including phenoxy) is 1. The number of aromatic hydroxyl groups is 1. The quantitative estimate of drug-likeness (QED) is 0.844. The van der Waals surface area contributed by atoms with Crippen molar-refractivity contribution >= 4 is 17.5 Å². The van der Waals surface area contributed by atoms with E-state index in [1.807, 2.05) is 12.1 Å². The summed E-state index contributed by atoms with van der Waals surface area (Å²) in [4.78, 5) is 18.5. The van der Waals surface area contributed by atoms with Crippen molar-refractivity contribution in [1.29, 1.82) is 0 Å². The Morgan fingerprint density at radius 1 is 1.33 bits per heavy atom. The Balaban J connectivity index is 1.81. The number of benzene rings is 1. The molecule has 1 aromatic carbocycles. The maximum absolute atomic E-state index is 12.9. The number of carbonyl (C=O) groups is 1. The molecule has 2 aromatic rings. The molecule has 1 saturated heterocycles. The number of carbonyl (C=O) groups excluding carboxylic acids is 1. The number of rotatable bonds is 5. The predicted molar refractivity (Wildman–Crippen MR) is 91.1 cm³/mol. The molecular weight excluding hydrogens is 328 g/mol. The van der Waals surface area contributed by atoms with Crippen molar-refractivity contribution in [2.75, 3.05) is 13.2 Å². The molecule has 1 aliphatic heterocycles. The molecular formula is C18H19ClN2O3. The molecule has 0 aliphatic carbocycles. The average molecular weight is 347 g/mol. The molecule has 0 spiro atoms. The van der Waals surface area contributed by atoms with Gasteiger partial charge in [-0.15, -0.1) is 0 Å².